The third-order valence-corrected chi connectivity index (χ3v) is 2.15. The number of pyridine rings is 1. The van der Waals surface area contributed by atoms with Gasteiger partial charge in [-0.25, -0.2) is 4.98 Å². The number of benzene rings is 1. The Bertz CT molecular complexity index is 468. The molecule has 1 heterocycles. The minimum atomic E-state index is 0. The molecule has 1 aromatic carbocycles. The van der Waals surface area contributed by atoms with Crippen LogP contribution >= 0.6 is 17.0 Å². The van der Waals surface area contributed by atoms with Crippen LogP contribution in [0.3, 0.4) is 0 Å². The van der Waals surface area contributed by atoms with Crippen molar-refractivity contribution in [2.45, 2.75) is 13.8 Å². The number of aromatic hydroxyl groups is 1. The Balaban J connectivity index is 0.000000980. The zero-order valence-electron chi connectivity index (χ0n) is 8.11. The average molecular weight is 254 g/mol. The van der Waals surface area contributed by atoms with Crippen LogP contribution in [0.25, 0.3) is 10.9 Å². The Morgan fingerprint density at radius 1 is 1.21 bits per heavy atom. The maximum Gasteiger partial charge on any atom is 0.141 e. The lowest BCUT2D eigenvalue weighted by Gasteiger charge is -2.04. The zero-order valence-corrected chi connectivity index (χ0v) is 9.83. The molecule has 0 aliphatic carbocycles. The van der Waals surface area contributed by atoms with Crippen molar-refractivity contribution < 1.29 is 5.11 Å². The van der Waals surface area contributed by atoms with E-state index < -0.39 is 0 Å². The molecular formula is C11H12BrNO. The van der Waals surface area contributed by atoms with E-state index in [4.69, 9.17) is 0 Å². The zero-order chi connectivity index (χ0) is 9.42. The summed E-state index contributed by atoms with van der Waals surface area (Å²) in [7, 11) is 0. The lowest BCUT2D eigenvalue weighted by molar-refractivity contribution is 0.480. The molecular weight excluding hydrogens is 242 g/mol. The minimum absolute atomic E-state index is 0. The summed E-state index contributed by atoms with van der Waals surface area (Å²) in [6, 6.07) is 7.48. The quantitative estimate of drug-likeness (QED) is 0.783. The number of aromatic nitrogens is 1. The number of phenolic OH excluding ortho intramolecular Hbond substituents is 1. The molecule has 0 saturated carbocycles. The van der Waals surface area contributed by atoms with Crippen molar-refractivity contribution in [1.29, 1.82) is 0 Å². The first kappa shape index (κ1) is 11.0. The predicted molar refractivity (Wildman–Crippen MR) is 63.2 cm³/mol. The second kappa shape index (κ2) is 3.96. The van der Waals surface area contributed by atoms with E-state index in [1.165, 1.54) is 0 Å². The maximum atomic E-state index is 9.56. The first-order valence-corrected chi connectivity index (χ1v) is 4.24. The van der Waals surface area contributed by atoms with E-state index in [1.54, 1.807) is 6.07 Å². The van der Waals surface area contributed by atoms with Crippen LogP contribution in [0.4, 0.5) is 0 Å². The monoisotopic (exact) mass is 253 g/mol. The highest BCUT2D eigenvalue weighted by molar-refractivity contribution is 8.93. The number of fused-ring (bicyclic) bond motifs is 1. The van der Waals surface area contributed by atoms with Gasteiger partial charge in [-0.15, -0.1) is 17.0 Å². The van der Waals surface area contributed by atoms with Gasteiger partial charge in [-0.1, -0.05) is 12.1 Å². The first-order chi connectivity index (χ1) is 6.18. The molecule has 0 atom stereocenters. The van der Waals surface area contributed by atoms with Gasteiger partial charge in [0.2, 0.25) is 0 Å². The van der Waals surface area contributed by atoms with Crippen LogP contribution in [0.15, 0.2) is 24.3 Å². The van der Waals surface area contributed by atoms with Gasteiger partial charge < -0.3 is 5.11 Å². The summed E-state index contributed by atoms with van der Waals surface area (Å²) in [5.41, 5.74) is 2.78. The van der Waals surface area contributed by atoms with Gasteiger partial charge in [0.25, 0.3) is 0 Å². The fourth-order valence-corrected chi connectivity index (χ4v) is 1.57. The van der Waals surface area contributed by atoms with Crippen molar-refractivity contribution in [2.24, 2.45) is 0 Å². The summed E-state index contributed by atoms with van der Waals surface area (Å²) in [5.74, 6) is 0.254. The second-order valence-electron chi connectivity index (χ2n) is 3.25. The molecule has 3 heteroatoms. The topological polar surface area (TPSA) is 33.1 Å². The molecule has 0 fully saturated rings. The van der Waals surface area contributed by atoms with Crippen molar-refractivity contribution >= 4 is 27.9 Å². The van der Waals surface area contributed by atoms with E-state index in [-0.39, 0.29) is 22.7 Å². The van der Waals surface area contributed by atoms with E-state index >= 15 is 0 Å². The van der Waals surface area contributed by atoms with E-state index in [0.717, 1.165) is 16.6 Å². The molecule has 0 bridgehead atoms. The average Bonchev–Trinajstić information content (AvgIpc) is 2.07. The maximum absolute atomic E-state index is 9.56. The third-order valence-electron chi connectivity index (χ3n) is 2.15. The molecule has 0 unspecified atom stereocenters. The number of halogens is 1. The van der Waals surface area contributed by atoms with Gasteiger partial charge in [-0.3, -0.25) is 0 Å². The normalized spacial score (nSPS) is 9.86. The van der Waals surface area contributed by atoms with Gasteiger partial charge in [0.05, 0.1) is 0 Å². The summed E-state index contributed by atoms with van der Waals surface area (Å²) >= 11 is 0. The Morgan fingerprint density at radius 3 is 2.64 bits per heavy atom. The summed E-state index contributed by atoms with van der Waals surface area (Å²) in [6.45, 7) is 3.95. The highest BCUT2D eigenvalue weighted by Crippen LogP contribution is 2.24. The number of para-hydroxylation sites is 1. The lowest BCUT2D eigenvalue weighted by Crippen LogP contribution is -1.87. The number of phenols is 1. The van der Waals surface area contributed by atoms with Crippen LogP contribution in [-0.4, -0.2) is 10.1 Å². The van der Waals surface area contributed by atoms with Crippen LogP contribution in [-0.2, 0) is 0 Å². The van der Waals surface area contributed by atoms with Crippen molar-refractivity contribution in [3.05, 3.63) is 35.5 Å². The smallest absolute Gasteiger partial charge is 0.141 e. The Morgan fingerprint density at radius 2 is 1.93 bits per heavy atom. The molecule has 0 aliphatic rings. The van der Waals surface area contributed by atoms with Crippen molar-refractivity contribution in [2.75, 3.05) is 0 Å². The number of hydrogen-bond donors (Lipinski definition) is 1. The SMILES string of the molecule is Br.Cc1cc(C)c2cccc(O)c2n1. The van der Waals surface area contributed by atoms with Gasteiger partial charge in [0, 0.05) is 11.1 Å². The molecule has 2 nitrogen and oxygen atoms in total. The van der Waals surface area contributed by atoms with Gasteiger partial charge >= 0.3 is 0 Å². The van der Waals surface area contributed by atoms with Gasteiger partial charge in [-0.05, 0) is 31.5 Å². The minimum Gasteiger partial charge on any atom is -0.506 e. The molecule has 0 radical (unpaired) electrons. The van der Waals surface area contributed by atoms with E-state index in [0.29, 0.717) is 5.52 Å². The lowest BCUT2D eigenvalue weighted by atomic mass is 10.1. The molecule has 2 rings (SSSR count). The molecule has 74 valence electrons. The number of aryl methyl sites for hydroxylation is 2. The van der Waals surface area contributed by atoms with Gasteiger partial charge in [0.1, 0.15) is 11.3 Å². The summed E-state index contributed by atoms with van der Waals surface area (Å²) in [6.07, 6.45) is 0. The van der Waals surface area contributed by atoms with E-state index in [1.807, 2.05) is 32.0 Å². The molecule has 14 heavy (non-hydrogen) atoms. The van der Waals surface area contributed by atoms with Gasteiger partial charge in [-0.2, -0.15) is 0 Å². The Hall–Kier alpha value is -1.09. The fraction of sp³-hybridized carbons (Fsp3) is 0.182. The number of hydrogen-bond acceptors (Lipinski definition) is 2. The number of rotatable bonds is 0. The standard InChI is InChI=1S/C11H11NO.BrH/c1-7-6-8(2)12-11-9(7)4-3-5-10(11)13;/h3-6,13H,1-2H3;1H. The fourth-order valence-electron chi connectivity index (χ4n) is 1.57. The van der Waals surface area contributed by atoms with Crippen LogP contribution < -0.4 is 0 Å². The number of nitrogens with zero attached hydrogens (tertiary/aromatic N) is 1. The Labute approximate surface area is 93.4 Å². The van der Waals surface area contributed by atoms with Crippen LogP contribution in [0.1, 0.15) is 11.3 Å². The van der Waals surface area contributed by atoms with Gasteiger partial charge in [0.15, 0.2) is 0 Å². The molecule has 0 aliphatic heterocycles. The summed E-state index contributed by atoms with van der Waals surface area (Å²) in [4.78, 5) is 4.29. The Kier molecular flexibility index (Phi) is 3.11. The molecule has 1 N–H and O–H groups in total. The van der Waals surface area contributed by atoms with Crippen LogP contribution in [0.5, 0.6) is 5.75 Å². The second-order valence-corrected chi connectivity index (χ2v) is 3.25. The molecule has 1 aromatic heterocycles. The van der Waals surface area contributed by atoms with Crippen LogP contribution in [0, 0.1) is 13.8 Å². The molecule has 0 saturated heterocycles. The summed E-state index contributed by atoms with van der Waals surface area (Å²) in [5, 5.41) is 10.6. The van der Waals surface area contributed by atoms with E-state index in [9.17, 15) is 5.11 Å². The largest absolute Gasteiger partial charge is 0.506 e. The van der Waals surface area contributed by atoms with E-state index in [2.05, 4.69) is 4.98 Å². The summed E-state index contributed by atoms with van der Waals surface area (Å²) < 4.78 is 0. The predicted octanol–water partition coefficient (Wildman–Crippen LogP) is 3.14. The van der Waals surface area contributed by atoms with Crippen molar-refractivity contribution in [1.82, 2.24) is 4.98 Å². The highest BCUT2D eigenvalue weighted by Gasteiger charge is 2.03. The van der Waals surface area contributed by atoms with Crippen molar-refractivity contribution in [3.8, 4) is 5.75 Å². The molecule has 0 amide bonds. The highest BCUT2D eigenvalue weighted by atomic mass is 79.9. The molecule has 0 spiro atoms. The first-order valence-electron chi connectivity index (χ1n) is 4.24. The van der Waals surface area contributed by atoms with Crippen molar-refractivity contribution in [3.63, 3.8) is 0 Å². The molecule has 2 aromatic rings. The third kappa shape index (κ3) is 1.73. The van der Waals surface area contributed by atoms with Crippen LogP contribution in [0.2, 0.25) is 0 Å².